The molecule has 2 saturated heterocycles. The fraction of sp³-hybridized carbons (Fsp3) is 0.541. The monoisotopic (exact) mass is 814 g/mol. The molecule has 2 aliphatic rings. The number of nitrogens with zero attached hydrogens (tertiary/aromatic N) is 8. The lowest BCUT2D eigenvalue weighted by atomic mass is 9.96. The van der Waals surface area contributed by atoms with Crippen molar-refractivity contribution in [1.29, 1.82) is 0 Å². The quantitative estimate of drug-likeness (QED) is 0.0790. The summed E-state index contributed by atoms with van der Waals surface area (Å²) in [6, 6.07) is 15.5. The van der Waals surface area contributed by atoms with Gasteiger partial charge in [0.15, 0.2) is 0 Å². The number of phosphoric ester groups is 1. The molecule has 0 saturated carbocycles. The van der Waals surface area contributed by atoms with E-state index in [1.165, 1.54) is 21.9 Å². The molecule has 0 aliphatic carbocycles. The highest BCUT2D eigenvalue weighted by Crippen LogP contribution is 2.35. The van der Waals surface area contributed by atoms with Crippen LogP contribution >= 0.6 is 7.82 Å². The van der Waals surface area contributed by atoms with Crippen LogP contribution in [-0.4, -0.2) is 123 Å². The molecule has 4 heterocycles. The number of ether oxygens (including phenoxy) is 5. The lowest BCUT2D eigenvalue weighted by Crippen LogP contribution is -2.46. The third-order valence-corrected chi connectivity index (χ3v) is 10.5. The van der Waals surface area contributed by atoms with Crippen LogP contribution in [0.2, 0.25) is 0 Å². The van der Waals surface area contributed by atoms with Crippen LogP contribution in [0.5, 0.6) is 5.75 Å². The molecule has 57 heavy (non-hydrogen) atoms. The number of phosphoric acid groups is 1. The Morgan fingerprint density at radius 2 is 1.60 bits per heavy atom. The largest absolute Gasteiger partial charge is 0.508 e. The number of carbonyl (C=O) groups is 1. The maximum Gasteiger partial charge on any atom is 0.508 e. The predicted molar refractivity (Wildman–Crippen MR) is 207 cm³/mol. The van der Waals surface area contributed by atoms with Crippen LogP contribution in [0.4, 0.5) is 16.2 Å². The van der Waals surface area contributed by atoms with Gasteiger partial charge >= 0.3 is 19.7 Å². The number of benzene rings is 2. The van der Waals surface area contributed by atoms with E-state index in [1.54, 1.807) is 17.9 Å². The highest BCUT2D eigenvalue weighted by molar-refractivity contribution is 7.46. The zero-order valence-electron chi connectivity index (χ0n) is 32.4. The molecule has 20 heteroatoms. The number of hydrogen-bond acceptors (Lipinski definition) is 14. The molecule has 2 aliphatic heterocycles. The maximum absolute atomic E-state index is 13.4. The van der Waals surface area contributed by atoms with Crippen molar-refractivity contribution in [1.82, 2.24) is 29.1 Å². The first-order chi connectivity index (χ1) is 27.4. The molecule has 2 N–H and O–H groups in total. The summed E-state index contributed by atoms with van der Waals surface area (Å²) in [7, 11) is -4.56. The minimum Gasteiger partial charge on any atom is -0.493 e. The number of anilines is 2. The number of hydrogen-bond donors (Lipinski definition) is 2. The molecular formula is C37H51N8O11P. The SMILES string of the molecule is CC[C@@H]([C@H](C)OC(=O)OCCOCCOP(=O)(O)O)n1ncn(-c2ccc(N3CCN(c4ccc(OC[C@@H]5CO[C@](C)(Cn6cncn6)C5)cc4)CC3)cc2)c1=O. The topological polar surface area (TPSA) is 207 Å². The van der Waals surface area contributed by atoms with Crippen molar-refractivity contribution < 1.29 is 47.4 Å². The summed E-state index contributed by atoms with van der Waals surface area (Å²) in [6.45, 7) is 10.4. The smallest absolute Gasteiger partial charge is 0.493 e. The summed E-state index contributed by atoms with van der Waals surface area (Å²) in [6.07, 6.45) is 4.37. The van der Waals surface area contributed by atoms with Gasteiger partial charge in [-0.2, -0.15) is 10.2 Å². The molecule has 0 unspecified atom stereocenters. The Hall–Kier alpha value is -4.78. The Labute approximate surface area is 330 Å². The fourth-order valence-electron chi connectivity index (χ4n) is 7.13. The lowest BCUT2D eigenvalue weighted by Gasteiger charge is -2.37. The van der Waals surface area contributed by atoms with Crippen LogP contribution in [0.25, 0.3) is 5.69 Å². The zero-order chi connectivity index (χ0) is 40.4. The number of aromatic nitrogens is 6. The normalized spacial score (nSPS) is 19.7. The van der Waals surface area contributed by atoms with Gasteiger partial charge in [0, 0.05) is 43.5 Å². The summed E-state index contributed by atoms with van der Waals surface area (Å²) in [5, 5.41) is 8.53. The van der Waals surface area contributed by atoms with Gasteiger partial charge in [0.05, 0.1) is 56.9 Å². The van der Waals surface area contributed by atoms with Gasteiger partial charge in [-0.3, -0.25) is 9.21 Å². The van der Waals surface area contributed by atoms with Gasteiger partial charge in [-0.25, -0.2) is 28.4 Å². The van der Waals surface area contributed by atoms with E-state index in [1.807, 2.05) is 43.3 Å². The first kappa shape index (κ1) is 41.8. The first-order valence-corrected chi connectivity index (χ1v) is 20.5. The van der Waals surface area contributed by atoms with E-state index in [0.29, 0.717) is 37.8 Å². The van der Waals surface area contributed by atoms with Crippen molar-refractivity contribution in [3.8, 4) is 11.4 Å². The van der Waals surface area contributed by atoms with Gasteiger partial charge in [0.2, 0.25) is 0 Å². The Kier molecular flexibility index (Phi) is 14.0. The molecule has 6 rings (SSSR count). The summed E-state index contributed by atoms with van der Waals surface area (Å²) in [5.74, 6) is 1.15. The second-order valence-corrected chi connectivity index (χ2v) is 15.5. The molecule has 0 bridgehead atoms. The third-order valence-electron chi connectivity index (χ3n) is 10.00. The van der Waals surface area contributed by atoms with Gasteiger partial charge < -0.3 is 43.3 Å². The second-order valence-electron chi connectivity index (χ2n) is 14.3. The van der Waals surface area contributed by atoms with Crippen LogP contribution in [-0.2, 0) is 34.6 Å². The van der Waals surface area contributed by atoms with Crippen molar-refractivity contribution in [3.63, 3.8) is 0 Å². The summed E-state index contributed by atoms with van der Waals surface area (Å²) in [5.41, 5.74) is 2.21. The standard InChI is InChI=1S/C37H51N8O11P/c1-4-34(28(2)56-36(47)52-19-17-51-18-20-55-57(48,49)50)45-35(46)44(27-40-45)32-7-5-30(6-8-32)41-13-15-42(16-14-41)31-9-11-33(12-10-31)53-22-29-21-37(3,54-23-29)24-43-26-38-25-39-43/h5-12,25-29,34H,4,13-24H2,1-3H3,(H2,48,49,50)/t28-,29+,34-,37-/m0/s1. The molecule has 2 fully saturated rings. The average Bonchev–Trinajstić information content (AvgIpc) is 3.94. The van der Waals surface area contributed by atoms with E-state index in [9.17, 15) is 14.2 Å². The molecule has 4 atom stereocenters. The maximum atomic E-state index is 13.4. The van der Waals surface area contributed by atoms with E-state index in [4.69, 9.17) is 33.5 Å². The second kappa shape index (κ2) is 19.1. The van der Waals surface area contributed by atoms with Crippen LogP contribution in [0.15, 0.2) is 72.3 Å². The Balaban J connectivity index is 0.929. The highest BCUT2D eigenvalue weighted by Gasteiger charge is 2.37. The number of rotatable bonds is 19. The Morgan fingerprint density at radius 3 is 2.23 bits per heavy atom. The van der Waals surface area contributed by atoms with Gasteiger partial charge in [-0.15, -0.1) is 0 Å². The average molecular weight is 815 g/mol. The molecule has 0 radical (unpaired) electrons. The number of carbonyl (C=O) groups excluding carboxylic acids is 1. The molecule has 19 nitrogen and oxygen atoms in total. The minimum atomic E-state index is -4.56. The summed E-state index contributed by atoms with van der Waals surface area (Å²) >= 11 is 0. The first-order valence-electron chi connectivity index (χ1n) is 19.0. The Morgan fingerprint density at radius 1 is 0.947 bits per heavy atom. The molecule has 4 aromatic rings. The summed E-state index contributed by atoms with van der Waals surface area (Å²) < 4.78 is 47.3. The fourth-order valence-corrected chi connectivity index (χ4v) is 7.44. The van der Waals surface area contributed by atoms with Crippen LogP contribution in [0, 0.1) is 5.92 Å². The van der Waals surface area contributed by atoms with E-state index in [0.717, 1.165) is 49.7 Å². The van der Waals surface area contributed by atoms with Gasteiger partial charge in [-0.05, 0) is 75.2 Å². The number of piperazine rings is 1. The van der Waals surface area contributed by atoms with E-state index >= 15 is 0 Å². The van der Waals surface area contributed by atoms with Crippen LogP contribution in [0.3, 0.4) is 0 Å². The van der Waals surface area contributed by atoms with E-state index in [2.05, 4.69) is 48.6 Å². The minimum absolute atomic E-state index is 0.0269. The lowest BCUT2D eigenvalue weighted by molar-refractivity contribution is -0.00820. The predicted octanol–water partition coefficient (Wildman–Crippen LogP) is 3.45. The summed E-state index contributed by atoms with van der Waals surface area (Å²) in [4.78, 5) is 51.7. The van der Waals surface area contributed by atoms with Crippen LogP contribution in [0.1, 0.15) is 39.7 Å². The van der Waals surface area contributed by atoms with Crippen LogP contribution < -0.4 is 20.2 Å². The molecular weight excluding hydrogens is 763 g/mol. The molecule has 2 aromatic carbocycles. The molecule has 310 valence electrons. The van der Waals surface area contributed by atoms with E-state index < -0.39 is 26.1 Å². The van der Waals surface area contributed by atoms with Crippen molar-refractivity contribution in [3.05, 3.63) is 78.0 Å². The molecule has 0 amide bonds. The third kappa shape index (κ3) is 11.6. The molecule has 0 spiro atoms. The van der Waals surface area contributed by atoms with Gasteiger partial charge in [-0.1, -0.05) is 6.92 Å². The van der Waals surface area contributed by atoms with E-state index in [-0.39, 0.29) is 37.7 Å². The van der Waals surface area contributed by atoms with Gasteiger partial charge in [0.25, 0.3) is 0 Å². The van der Waals surface area contributed by atoms with Gasteiger partial charge in [0.1, 0.15) is 37.4 Å². The van der Waals surface area contributed by atoms with Crippen molar-refractivity contribution in [2.24, 2.45) is 5.92 Å². The highest BCUT2D eigenvalue weighted by atomic mass is 31.2. The molecule has 2 aromatic heterocycles. The van der Waals surface area contributed by atoms with Crippen molar-refractivity contribution in [2.75, 3.05) is 75.6 Å². The van der Waals surface area contributed by atoms with Crippen molar-refractivity contribution >= 4 is 25.4 Å². The van der Waals surface area contributed by atoms with Crippen molar-refractivity contribution in [2.45, 2.75) is 57.9 Å². The zero-order valence-corrected chi connectivity index (χ0v) is 33.3. The Bertz CT molecular complexity index is 1960.